The summed E-state index contributed by atoms with van der Waals surface area (Å²) in [5, 5.41) is 5.89. The van der Waals surface area contributed by atoms with Crippen LogP contribution < -0.4 is 11.2 Å². The van der Waals surface area contributed by atoms with Crippen molar-refractivity contribution in [1.82, 2.24) is 9.78 Å². The van der Waals surface area contributed by atoms with Gasteiger partial charge in [-0.3, -0.25) is 4.79 Å². The largest absolute Gasteiger partial charge is 0.456 e. The third kappa shape index (κ3) is 3.40. The molecule has 0 bridgehead atoms. The zero-order valence-electron chi connectivity index (χ0n) is 15.6. The highest BCUT2D eigenvalue weighted by atomic mass is 35.5. The van der Waals surface area contributed by atoms with E-state index < -0.39 is 11.6 Å². The lowest BCUT2D eigenvalue weighted by Crippen LogP contribution is -2.23. The van der Waals surface area contributed by atoms with Crippen LogP contribution in [0.5, 0.6) is 0 Å². The van der Waals surface area contributed by atoms with Crippen LogP contribution in [0.15, 0.2) is 56.5 Å². The predicted octanol–water partition coefficient (Wildman–Crippen LogP) is 3.36. The number of rotatable bonds is 3. The van der Waals surface area contributed by atoms with Gasteiger partial charge in [-0.1, -0.05) is 29.8 Å². The number of fused-ring (bicyclic) bond motifs is 2. The van der Waals surface area contributed by atoms with Crippen molar-refractivity contribution in [3.63, 3.8) is 0 Å². The maximum atomic E-state index is 12.7. The van der Waals surface area contributed by atoms with Crippen molar-refractivity contribution in [2.75, 3.05) is 0 Å². The molecule has 29 heavy (non-hydrogen) atoms. The second-order valence-electron chi connectivity index (χ2n) is 6.59. The Kier molecular flexibility index (Phi) is 4.68. The summed E-state index contributed by atoms with van der Waals surface area (Å²) in [4.78, 5) is 36.8. The van der Waals surface area contributed by atoms with Gasteiger partial charge < -0.3 is 9.15 Å². The fraction of sp³-hybridized carbons (Fsp3) is 0.143. The van der Waals surface area contributed by atoms with E-state index >= 15 is 0 Å². The summed E-state index contributed by atoms with van der Waals surface area (Å²) < 4.78 is 11.7. The number of esters is 1. The molecule has 2 aromatic heterocycles. The molecule has 0 amide bonds. The summed E-state index contributed by atoms with van der Waals surface area (Å²) in [5.41, 5.74) is 0.725. The number of hydrogen-bond acceptors (Lipinski definition) is 6. The van der Waals surface area contributed by atoms with Crippen molar-refractivity contribution in [3.05, 3.63) is 85.1 Å². The molecule has 4 rings (SSSR count). The van der Waals surface area contributed by atoms with Crippen LogP contribution in [0.3, 0.4) is 0 Å². The van der Waals surface area contributed by atoms with Gasteiger partial charge in [0.25, 0.3) is 5.56 Å². The van der Waals surface area contributed by atoms with Crippen LogP contribution in [0.4, 0.5) is 0 Å². The average Bonchev–Trinajstić information content (AvgIpc) is 2.70. The Morgan fingerprint density at radius 1 is 1.14 bits per heavy atom. The van der Waals surface area contributed by atoms with Crippen molar-refractivity contribution in [2.24, 2.45) is 7.05 Å². The fourth-order valence-corrected chi connectivity index (χ4v) is 3.29. The van der Waals surface area contributed by atoms with E-state index in [0.717, 1.165) is 10.2 Å². The molecule has 0 saturated carbocycles. The molecule has 0 radical (unpaired) electrons. The van der Waals surface area contributed by atoms with E-state index in [1.54, 1.807) is 43.3 Å². The zero-order chi connectivity index (χ0) is 20.7. The summed E-state index contributed by atoms with van der Waals surface area (Å²) in [5.74, 6) is -0.712. The average molecular weight is 411 g/mol. The van der Waals surface area contributed by atoms with Crippen LogP contribution in [0.1, 0.15) is 21.6 Å². The molecule has 8 heteroatoms. The van der Waals surface area contributed by atoms with Crippen LogP contribution in [0, 0.1) is 6.92 Å². The van der Waals surface area contributed by atoms with Gasteiger partial charge in [-0.25, -0.2) is 14.3 Å². The summed E-state index contributed by atoms with van der Waals surface area (Å²) >= 11 is 6.19. The third-order valence-corrected chi connectivity index (χ3v) is 5.03. The Balaban J connectivity index is 1.72. The number of aromatic nitrogens is 2. The lowest BCUT2D eigenvalue weighted by atomic mass is 10.1. The highest BCUT2D eigenvalue weighted by molar-refractivity contribution is 6.32. The molecule has 0 fully saturated rings. The minimum absolute atomic E-state index is 0.0175. The Labute approximate surface area is 169 Å². The molecule has 0 aliphatic heterocycles. The highest BCUT2D eigenvalue weighted by Crippen LogP contribution is 2.26. The molecule has 0 aliphatic rings. The zero-order valence-corrected chi connectivity index (χ0v) is 16.3. The van der Waals surface area contributed by atoms with Gasteiger partial charge in [0.15, 0.2) is 5.69 Å². The van der Waals surface area contributed by atoms with Gasteiger partial charge in [-0.05, 0) is 30.7 Å². The first-order valence-electron chi connectivity index (χ1n) is 8.71. The van der Waals surface area contributed by atoms with Crippen LogP contribution in [0.25, 0.3) is 21.7 Å². The van der Waals surface area contributed by atoms with Gasteiger partial charge in [0.1, 0.15) is 12.2 Å². The lowest BCUT2D eigenvalue weighted by Gasteiger charge is -2.10. The third-order valence-electron chi connectivity index (χ3n) is 4.62. The second kappa shape index (κ2) is 7.18. The van der Waals surface area contributed by atoms with Crippen molar-refractivity contribution in [1.29, 1.82) is 0 Å². The molecule has 0 aliphatic carbocycles. The Morgan fingerprint density at radius 3 is 2.62 bits per heavy atom. The number of carbonyl (C=O) groups excluding carboxylic acids is 1. The first-order valence-corrected chi connectivity index (χ1v) is 9.09. The van der Waals surface area contributed by atoms with E-state index in [2.05, 4.69) is 5.10 Å². The van der Waals surface area contributed by atoms with E-state index in [4.69, 9.17) is 20.8 Å². The quantitative estimate of drug-likeness (QED) is 0.380. The number of nitrogens with zero attached hydrogens (tertiary/aromatic N) is 2. The molecule has 0 unspecified atom stereocenters. The summed E-state index contributed by atoms with van der Waals surface area (Å²) in [6, 6.07) is 11.3. The van der Waals surface area contributed by atoms with Crippen molar-refractivity contribution < 1.29 is 13.9 Å². The molecular weight excluding hydrogens is 396 g/mol. The minimum atomic E-state index is -0.712. The van der Waals surface area contributed by atoms with Crippen molar-refractivity contribution >= 4 is 39.3 Å². The van der Waals surface area contributed by atoms with E-state index in [1.165, 1.54) is 13.1 Å². The minimum Gasteiger partial charge on any atom is -0.456 e. The van der Waals surface area contributed by atoms with E-state index in [1.807, 2.05) is 0 Å². The molecule has 0 N–H and O–H groups in total. The molecule has 0 spiro atoms. The summed E-state index contributed by atoms with van der Waals surface area (Å²) in [6.45, 7) is 1.62. The highest BCUT2D eigenvalue weighted by Gasteiger charge is 2.18. The van der Waals surface area contributed by atoms with Gasteiger partial charge >= 0.3 is 11.6 Å². The molecule has 146 valence electrons. The van der Waals surface area contributed by atoms with Crippen molar-refractivity contribution in [2.45, 2.75) is 13.5 Å². The second-order valence-corrected chi connectivity index (χ2v) is 6.99. The van der Waals surface area contributed by atoms with Gasteiger partial charge in [0.05, 0.1) is 5.39 Å². The Morgan fingerprint density at radius 2 is 1.86 bits per heavy atom. The maximum Gasteiger partial charge on any atom is 0.359 e. The predicted molar refractivity (Wildman–Crippen MR) is 108 cm³/mol. The molecular formula is C21H15ClN2O5. The van der Waals surface area contributed by atoms with Crippen LogP contribution in [0.2, 0.25) is 5.02 Å². The molecule has 2 aromatic carbocycles. The Hall–Kier alpha value is -3.45. The monoisotopic (exact) mass is 410 g/mol. The lowest BCUT2D eigenvalue weighted by molar-refractivity contribution is 0.0466. The van der Waals surface area contributed by atoms with Crippen LogP contribution in [-0.2, 0) is 18.4 Å². The molecule has 0 saturated heterocycles. The van der Waals surface area contributed by atoms with E-state index in [0.29, 0.717) is 32.3 Å². The fourth-order valence-electron chi connectivity index (χ4n) is 3.13. The summed E-state index contributed by atoms with van der Waals surface area (Å²) in [7, 11) is 1.46. The van der Waals surface area contributed by atoms with E-state index in [-0.39, 0.29) is 17.9 Å². The molecule has 7 nitrogen and oxygen atoms in total. The number of hydrogen-bond donors (Lipinski definition) is 0. The van der Waals surface area contributed by atoms with Crippen LogP contribution in [-0.4, -0.2) is 15.7 Å². The van der Waals surface area contributed by atoms with Gasteiger partial charge in [-0.15, -0.1) is 0 Å². The van der Waals surface area contributed by atoms with Gasteiger partial charge in [0.2, 0.25) is 0 Å². The SMILES string of the molecule is Cc1cc2oc(=O)cc(COC(=O)c3nn(C)c(=O)c4ccccc34)c2cc1Cl. The molecule has 2 heterocycles. The normalized spacial score (nSPS) is 11.1. The standard InChI is InChI=1S/C21H15ClN2O5/c1-11-7-17-15(9-16(11)22)12(8-18(25)29-17)10-28-21(27)19-13-5-3-4-6-14(13)20(26)24(2)23-19/h3-9H,10H2,1-2H3. The molecule has 0 atom stereocenters. The first kappa shape index (κ1) is 18.9. The van der Waals surface area contributed by atoms with Gasteiger partial charge in [-0.2, -0.15) is 5.10 Å². The van der Waals surface area contributed by atoms with Crippen LogP contribution >= 0.6 is 11.6 Å². The number of halogens is 1. The number of aryl methyl sites for hydroxylation is 2. The smallest absolute Gasteiger partial charge is 0.359 e. The van der Waals surface area contributed by atoms with E-state index in [9.17, 15) is 14.4 Å². The topological polar surface area (TPSA) is 91.4 Å². The first-order chi connectivity index (χ1) is 13.8. The summed E-state index contributed by atoms with van der Waals surface area (Å²) in [6.07, 6.45) is 0. The number of benzene rings is 2. The number of ether oxygens (including phenoxy) is 1. The maximum absolute atomic E-state index is 12.7. The Bertz CT molecular complexity index is 1400. The number of carbonyl (C=O) groups is 1. The molecule has 4 aromatic rings. The van der Waals surface area contributed by atoms with Crippen molar-refractivity contribution in [3.8, 4) is 0 Å². The van der Waals surface area contributed by atoms with Gasteiger partial charge in [0, 0.05) is 34.5 Å².